The van der Waals surface area contributed by atoms with Crippen molar-refractivity contribution in [3.63, 3.8) is 0 Å². The fourth-order valence-electron chi connectivity index (χ4n) is 2.45. The van der Waals surface area contributed by atoms with Crippen LogP contribution in [-0.4, -0.2) is 37.3 Å². The lowest BCUT2D eigenvalue weighted by molar-refractivity contribution is 0.169. The molecule has 1 unspecified atom stereocenters. The van der Waals surface area contributed by atoms with Crippen LogP contribution in [0.3, 0.4) is 0 Å². The molecule has 2 atom stereocenters. The van der Waals surface area contributed by atoms with E-state index in [9.17, 15) is 0 Å². The molecule has 0 spiro atoms. The van der Waals surface area contributed by atoms with Crippen LogP contribution in [0.1, 0.15) is 19.3 Å². The smallest absolute Gasteiger partial charge is 0.163 e. The molecule has 1 aliphatic heterocycles. The van der Waals surface area contributed by atoms with Gasteiger partial charge in [0.15, 0.2) is 5.50 Å². The first kappa shape index (κ1) is 15.4. The maximum atomic E-state index is 5.27. The molecule has 0 saturated heterocycles. The quantitative estimate of drug-likeness (QED) is 0.698. The van der Waals surface area contributed by atoms with Crippen molar-refractivity contribution in [3.05, 3.63) is 35.7 Å². The van der Waals surface area contributed by atoms with E-state index in [0.29, 0.717) is 18.6 Å². The fourth-order valence-corrected chi connectivity index (χ4v) is 2.60. The molecule has 0 aromatic rings. The van der Waals surface area contributed by atoms with Crippen LogP contribution in [0.2, 0.25) is 0 Å². The van der Waals surface area contributed by atoms with Crippen molar-refractivity contribution in [2.45, 2.75) is 30.8 Å². The Morgan fingerprint density at radius 1 is 1.41 bits per heavy atom. The van der Waals surface area contributed by atoms with Crippen LogP contribution in [0.25, 0.3) is 0 Å². The molecule has 3 rings (SSSR count). The van der Waals surface area contributed by atoms with E-state index in [1.54, 1.807) is 13.3 Å². The second-order valence-electron chi connectivity index (χ2n) is 5.75. The van der Waals surface area contributed by atoms with E-state index in [0.717, 1.165) is 23.5 Å². The van der Waals surface area contributed by atoms with Crippen molar-refractivity contribution < 1.29 is 4.74 Å². The Morgan fingerprint density at radius 2 is 2.27 bits per heavy atom. The molecule has 118 valence electrons. The lowest BCUT2D eigenvalue weighted by Gasteiger charge is -2.20. The first-order valence-corrected chi connectivity index (χ1v) is 8.15. The molecular weight excluding hydrogens is 296 g/mol. The number of nitrogens with zero attached hydrogens (tertiary/aromatic N) is 2. The molecule has 1 heterocycles. The number of amidine groups is 1. The highest BCUT2D eigenvalue weighted by Gasteiger charge is 2.23. The maximum Gasteiger partial charge on any atom is 0.163 e. The molecule has 3 aliphatic rings. The van der Waals surface area contributed by atoms with Crippen molar-refractivity contribution in [2.75, 3.05) is 13.7 Å². The van der Waals surface area contributed by atoms with Crippen LogP contribution in [0, 0.1) is 5.92 Å². The SMILES string of the molecule is COCC1C=CC2=C(C1)/N=C(NC1CC1)\C=N\[C@@H](S)N/C=C/2. The van der Waals surface area contributed by atoms with E-state index in [1.807, 2.05) is 12.3 Å². The number of allylic oxidation sites excluding steroid dienone is 4. The number of hydrogen-bond donors (Lipinski definition) is 3. The molecule has 1 saturated carbocycles. The molecule has 0 aromatic heterocycles. The van der Waals surface area contributed by atoms with Crippen LogP contribution in [-0.2, 0) is 4.74 Å². The molecule has 6 heteroatoms. The predicted octanol–water partition coefficient (Wildman–Crippen LogP) is 2.01. The van der Waals surface area contributed by atoms with Crippen molar-refractivity contribution in [1.82, 2.24) is 10.6 Å². The Hall–Kier alpha value is -1.53. The first-order valence-electron chi connectivity index (χ1n) is 7.64. The molecule has 2 N–H and O–H groups in total. The molecule has 0 aromatic carbocycles. The van der Waals surface area contributed by atoms with E-state index in [4.69, 9.17) is 9.73 Å². The predicted molar refractivity (Wildman–Crippen MR) is 93.3 cm³/mol. The summed E-state index contributed by atoms with van der Waals surface area (Å²) < 4.78 is 5.27. The number of hydrogen-bond acceptors (Lipinski definition) is 6. The molecule has 2 aliphatic carbocycles. The Morgan fingerprint density at radius 3 is 3.05 bits per heavy atom. The Bertz CT molecular complexity index is 560. The van der Waals surface area contributed by atoms with Crippen LogP contribution >= 0.6 is 12.6 Å². The number of ether oxygens (including phenoxy) is 1. The summed E-state index contributed by atoms with van der Waals surface area (Å²) in [5.74, 6) is 1.19. The molecule has 0 radical (unpaired) electrons. The minimum absolute atomic E-state index is 0.265. The Labute approximate surface area is 136 Å². The van der Waals surface area contributed by atoms with Crippen LogP contribution < -0.4 is 10.6 Å². The average Bonchev–Trinajstić information content (AvgIpc) is 3.31. The minimum Gasteiger partial charge on any atom is -0.384 e. The minimum atomic E-state index is -0.265. The molecule has 0 amide bonds. The zero-order chi connectivity index (χ0) is 15.4. The lowest BCUT2D eigenvalue weighted by Crippen LogP contribution is -2.29. The third kappa shape index (κ3) is 4.24. The summed E-state index contributed by atoms with van der Waals surface area (Å²) >= 11 is 4.37. The summed E-state index contributed by atoms with van der Waals surface area (Å²) in [5.41, 5.74) is 1.92. The molecule has 0 bridgehead atoms. The third-order valence-corrected chi connectivity index (χ3v) is 4.03. The van der Waals surface area contributed by atoms with Gasteiger partial charge in [0, 0.05) is 19.1 Å². The summed E-state index contributed by atoms with van der Waals surface area (Å²) in [5, 5.41) is 6.56. The standard InChI is InChI=1S/C16H22N4OS/c1-21-10-11-2-3-12-6-7-17-16(22)18-9-15(19-13-4-5-13)20-14(12)8-11/h2-3,6-7,9,11,13,16-17,22H,4-5,8,10H2,1H3,(H,19,20)/b7-6+,18-9+/t11?,16-/m0/s1. The van der Waals surface area contributed by atoms with Gasteiger partial charge < -0.3 is 15.4 Å². The topological polar surface area (TPSA) is 58.0 Å². The number of aliphatic imine (C=N–C) groups is 2. The summed E-state index contributed by atoms with van der Waals surface area (Å²) in [6.07, 6.45) is 13.3. The van der Waals surface area contributed by atoms with Gasteiger partial charge in [-0.3, -0.25) is 4.99 Å². The van der Waals surface area contributed by atoms with Gasteiger partial charge in [-0.25, -0.2) is 4.99 Å². The van der Waals surface area contributed by atoms with Gasteiger partial charge in [0.2, 0.25) is 0 Å². The highest BCUT2D eigenvalue weighted by Crippen LogP contribution is 2.26. The summed E-state index contributed by atoms with van der Waals surface area (Å²) in [6.45, 7) is 0.711. The van der Waals surface area contributed by atoms with Gasteiger partial charge >= 0.3 is 0 Å². The third-order valence-electron chi connectivity index (χ3n) is 3.75. The van der Waals surface area contributed by atoms with Crippen LogP contribution in [0.15, 0.2) is 45.7 Å². The van der Waals surface area contributed by atoms with E-state index in [2.05, 4.69) is 40.4 Å². The number of nitrogens with one attached hydrogen (secondary N) is 2. The average molecular weight is 318 g/mol. The number of rotatable bonds is 3. The number of thiol groups is 1. The second kappa shape index (κ2) is 7.15. The van der Waals surface area contributed by atoms with E-state index < -0.39 is 0 Å². The van der Waals surface area contributed by atoms with Gasteiger partial charge in [0.1, 0.15) is 5.84 Å². The van der Waals surface area contributed by atoms with Gasteiger partial charge in [0.25, 0.3) is 0 Å². The first-order chi connectivity index (χ1) is 10.7. The molecule has 1 fully saturated rings. The summed E-state index contributed by atoms with van der Waals surface area (Å²) in [4.78, 5) is 9.18. The van der Waals surface area contributed by atoms with Gasteiger partial charge in [-0.05, 0) is 37.1 Å². The Balaban J connectivity index is 1.88. The maximum absolute atomic E-state index is 5.27. The summed E-state index contributed by atoms with van der Waals surface area (Å²) in [7, 11) is 1.73. The van der Waals surface area contributed by atoms with E-state index in [-0.39, 0.29) is 5.50 Å². The van der Waals surface area contributed by atoms with Gasteiger partial charge in [0.05, 0.1) is 18.5 Å². The van der Waals surface area contributed by atoms with Crippen molar-refractivity contribution in [1.29, 1.82) is 0 Å². The van der Waals surface area contributed by atoms with Crippen molar-refractivity contribution in [3.8, 4) is 0 Å². The molecule has 22 heavy (non-hydrogen) atoms. The summed E-state index contributed by atoms with van der Waals surface area (Å²) in [6, 6.07) is 0.535. The highest BCUT2D eigenvalue weighted by atomic mass is 32.1. The largest absolute Gasteiger partial charge is 0.384 e. The zero-order valence-electron chi connectivity index (χ0n) is 12.7. The van der Waals surface area contributed by atoms with Crippen molar-refractivity contribution in [2.24, 2.45) is 15.9 Å². The Kier molecular flexibility index (Phi) is 5.00. The lowest BCUT2D eigenvalue weighted by atomic mass is 9.94. The van der Waals surface area contributed by atoms with Gasteiger partial charge in [-0.15, -0.1) is 12.6 Å². The van der Waals surface area contributed by atoms with Crippen LogP contribution in [0.4, 0.5) is 0 Å². The van der Waals surface area contributed by atoms with E-state index in [1.165, 1.54) is 12.8 Å². The monoisotopic (exact) mass is 318 g/mol. The van der Waals surface area contributed by atoms with Gasteiger partial charge in [-0.1, -0.05) is 12.2 Å². The molecular formula is C16H22N4OS. The van der Waals surface area contributed by atoms with Gasteiger partial charge in [-0.2, -0.15) is 0 Å². The van der Waals surface area contributed by atoms with E-state index >= 15 is 0 Å². The fraction of sp³-hybridized carbons (Fsp3) is 0.500. The number of methoxy groups -OCH3 is 1. The second-order valence-corrected chi connectivity index (χ2v) is 6.24. The highest BCUT2D eigenvalue weighted by molar-refractivity contribution is 7.80. The zero-order valence-corrected chi connectivity index (χ0v) is 13.6. The van der Waals surface area contributed by atoms with Crippen LogP contribution in [0.5, 0.6) is 0 Å². The molecule has 5 nitrogen and oxygen atoms in total. The normalized spacial score (nSPS) is 33.3. The van der Waals surface area contributed by atoms with Crippen molar-refractivity contribution >= 4 is 24.7 Å².